The van der Waals surface area contributed by atoms with E-state index in [1.54, 1.807) is 12.1 Å². The molecule has 1 unspecified atom stereocenters. The number of fused-ring (bicyclic) bond motifs is 7. The van der Waals surface area contributed by atoms with Gasteiger partial charge in [-0.05, 0) is 43.2 Å². The molecular formula is C28H29FN2O5. The van der Waals surface area contributed by atoms with Crippen LogP contribution in [-0.4, -0.2) is 39.5 Å². The molecule has 0 spiro atoms. The van der Waals surface area contributed by atoms with Crippen molar-refractivity contribution >= 4 is 11.6 Å². The highest BCUT2D eigenvalue weighted by Crippen LogP contribution is 2.70. The number of Topliss-reactive ketones (excluding diaryl/α,β-unsaturated/α-hetero) is 1. The van der Waals surface area contributed by atoms with Gasteiger partial charge in [0.2, 0.25) is 5.95 Å². The maximum absolute atomic E-state index is 13.9. The first kappa shape index (κ1) is 23.7. The maximum atomic E-state index is 13.9. The fourth-order valence-electron chi connectivity index (χ4n) is 8.39. The number of nitrogens with zero attached hydrogens (tertiary/aromatic N) is 2. The van der Waals surface area contributed by atoms with E-state index in [4.69, 9.17) is 9.47 Å². The monoisotopic (exact) mass is 492 g/mol. The summed E-state index contributed by atoms with van der Waals surface area (Å²) >= 11 is 0. The predicted molar refractivity (Wildman–Crippen MR) is 124 cm³/mol. The predicted octanol–water partition coefficient (Wildman–Crippen LogP) is 3.74. The fraction of sp³-hybridized carbons (Fsp3) is 0.571. The van der Waals surface area contributed by atoms with E-state index in [0.717, 1.165) is 5.57 Å². The fourth-order valence-corrected chi connectivity index (χ4v) is 8.39. The summed E-state index contributed by atoms with van der Waals surface area (Å²) in [5.74, 6) is -1.02. The quantitative estimate of drug-likeness (QED) is 0.506. The summed E-state index contributed by atoms with van der Waals surface area (Å²) in [4.78, 5) is 29.4. The zero-order chi connectivity index (χ0) is 25.5. The van der Waals surface area contributed by atoms with Crippen LogP contribution in [0, 0.1) is 45.9 Å². The first-order valence-electron chi connectivity index (χ1n) is 12.6. The molecular weight excluding hydrogens is 463 g/mol. The average molecular weight is 493 g/mol. The minimum absolute atomic E-state index is 0.00526. The maximum Gasteiger partial charge on any atom is 0.213 e. The van der Waals surface area contributed by atoms with Gasteiger partial charge in [0.15, 0.2) is 23.5 Å². The van der Waals surface area contributed by atoms with Gasteiger partial charge < -0.3 is 14.6 Å². The summed E-state index contributed by atoms with van der Waals surface area (Å²) in [5, 5.41) is 21.1. The Morgan fingerprint density at radius 2 is 2.19 bits per heavy atom. The van der Waals surface area contributed by atoms with E-state index in [2.05, 4.69) is 18.0 Å². The molecule has 188 valence electrons. The van der Waals surface area contributed by atoms with Gasteiger partial charge in [0, 0.05) is 41.0 Å². The van der Waals surface area contributed by atoms with Crippen molar-refractivity contribution in [3.8, 4) is 6.07 Å². The van der Waals surface area contributed by atoms with Crippen molar-refractivity contribution in [3.05, 3.63) is 53.6 Å². The normalized spacial score (nSPS) is 44.6. The van der Waals surface area contributed by atoms with Crippen LogP contribution in [-0.2, 0) is 19.1 Å². The van der Waals surface area contributed by atoms with Gasteiger partial charge in [-0.25, -0.2) is 4.98 Å². The number of hydrogen-bond donors (Lipinski definition) is 1. The van der Waals surface area contributed by atoms with Crippen molar-refractivity contribution in [1.82, 2.24) is 4.98 Å². The Balaban J connectivity index is 1.42. The van der Waals surface area contributed by atoms with Gasteiger partial charge in [-0.3, -0.25) is 9.59 Å². The van der Waals surface area contributed by atoms with Crippen LogP contribution in [0.15, 0.2) is 42.1 Å². The highest BCUT2D eigenvalue weighted by atomic mass is 19.1. The summed E-state index contributed by atoms with van der Waals surface area (Å²) in [6.45, 7) is 4.07. The number of rotatable bonds is 3. The van der Waals surface area contributed by atoms with E-state index in [1.807, 2.05) is 19.1 Å². The first-order chi connectivity index (χ1) is 17.1. The number of aromatic nitrogens is 1. The number of aliphatic hydroxyl groups is 1. The molecule has 1 saturated heterocycles. The van der Waals surface area contributed by atoms with Crippen molar-refractivity contribution in [2.45, 2.75) is 70.1 Å². The summed E-state index contributed by atoms with van der Waals surface area (Å²) in [6, 6.07) is 4.79. The van der Waals surface area contributed by atoms with Gasteiger partial charge in [-0.2, -0.15) is 9.65 Å². The number of allylic oxidation sites excluding steroid dienone is 4. The van der Waals surface area contributed by atoms with E-state index in [0.29, 0.717) is 31.2 Å². The third-order valence-electron chi connectivity index (χ3n) is 9.87. The zero-order valence-electron chi connectivity index (χ0n) is 20.3. The van der Waals surface area contributed by atoms with E-state index >= 15 is 0 Å². The standard InChI is InChI=1S/C28H29FN2O5/c1-26-8-5-17(32)12-16(26)3-4-18-19-13-22-28(21(34)6-9-30,27(19,2)14-20(33)24(18)26)36-25(35-22)15-7-10-31-23(29)11-15/h3,5,7-8,10-11,18-20,22,24-25,33H,4,6,12-14H2,1-2H3/t18-,19-,20-,22+,24+,25?,26-,27-,28+/m0/s1. The van der Waals surface area contributed by atoms with Crippen molar-refractivity contribution in [3.63, 3.8) is 0 Å². The summed E-state index contributed by atoms with van der Waals surface area (Å²) in [5.41, 5.74) is -1.17. The first-order valence-corrected chi connectivity index (χ1v) is 12.6. The molecule has 1 N–H and O–H groups in total. The number of halogens is 1. The molecule has 5 aliphatic rings. The van der Waals surface area contributed by atoms with Crippen LogP contribution in [0.25, 0.3) is 0 Å². The van der Waals surface area contributed by atoms with Crippen LogP contribution in [0.1, 0.15) is 57.8 Å². The molecule has 3 fully saturated rings. The molecule has 0 amide bonds. The number of aliphatic hydroxyl groups excluding tert-OH is 1. The van der Waals surface area contributed by atoms with Crippen molar-refractivity contribution in [2.75, 3.05) is 0 Å². The molecule has 0 bridgehead atoms. The largest absolute Gasteiger partial charge is 0.393 e. The Kier molecular flexibility index (Phi) is 5.18. The van der Waals surface area contributed by atoms with Crippen LogP contribution in [0.3, 0.4) is 0 Å². The minimum Gasteiger partial charge on any atom is -0.393 e. The Bertz CT molecular complexity index is 1250. The molecule has 0 aromatic carbocycles. The lowest BCUT2D eigenvalue weighted by Crippen LogP contribution is -2.62. The average Bonchev–Trinajstić information content (AvgIpc) is 3.33. The van der Waals surface area contributed by atoms with Crippen LogP contribution in [0.2, 0.25) is 0 Å². The Morgan fingerprint density at radius 3 is 2.94 bits per heavy atom. The third-order valence-corrected chi connectivity index (χ3v) is 9.87. The van der Waals surface area contributed by atoms with Gasteiger partial charge >= 0.3 is 0 Å². The smallest absolute Gasteiger partial charge is 0.213 e. The lowest BCUT2D eigenvalue weighted by Gasteiger charge is -2.59. The number of hydrogen-bond acceptors (Lipinski definition) is 7. The highest BCUT2D eigenvalue weighted by molar-refractivity contribution is 5.93. The molecule has 1 aromatic heterocycles. The van der Waals surface area contributed by atoms with Crippen LogP contribution in [0.5, 0.6) is 0 Å². The van der Waals surface area contributed by atoms with E-state index in [1.165, 1.54) is 12.3 Å². The van der Waals surface area contributed by atoms with Gasteiger partial charge in [-0.1, -0.05) is 31.6 Å². The molecule has 2 heterocycles. The topological polar surface area (TPSA) is 110 Å². The number of pyridine rings is 1. The second-order valence-corrected chi connectivity index (χ2v) is 11.4. The number of nitriles is 1. The van der Waals surface area contributed by atoms with E-state index in [9.17, 15) is 24.3 Å². The lowest BCUT2D eigenvalue weighted by atomic mass is 9.46. The number of carbonyl (C=O) groups is 2. The summed E-state index contributed by atoms with van der Waals surface area (Å²) < 4.78 is 26.7. The lowest BCUT2D eigenvalue weighted by molar-refractivity contribution is -0.197. The van der Waals surface area contributed by atoms with Gasteiger partial charge in [0.25, 0.3) is 0 Å². The molecule has 4 aliphatic carbocycles. The van der Waals surface area contributed by atoms with E-state index in [-0.39, 0.29) is 35.7 Å². The Labute approximate surface area is 209 Å². The highest BCUT2D eigenvalue weighted by Gasteiger charge is 2.75. The molecule has 6 rings (SSSR count). The van der Waals surface area contributed by atoms with Crippen LogP contribution >= 0.6 is 0 Å². The molecule has 0 radical (unpaired) electrons. The van der Waals surface area contributed by atoms with Crippen LogP contribution in [0.4, 0.5) is 4.39 Å². The second kappa shape index (κ2) is 7.88. The Morgan fingerprint density at radius 1 is 1.39 bits per heavy atom. The molecule has 1 aromatic rings. The zero-order valence-corrected chi connectivity index (χ0v) is 20.3. The minimum atomic E-state index is -1.42. The number of ketones is 2. The number of ether oxygens (including phenoxy) is 2. The van der Waals surface area contributed by atoms with Gasteiger partial charge in [0.1, 0.15) is 0 Å². The molecule has 2 saturated carbocycles. The van der Waals surface area contributed by atoms with Crippen molar-refractivity contribution in [1.29, 1.82) is 5.26 Å². The van der Waals surface area contributed by atoms with Gasteiger partial charge in [-0.15, -0.1) is 0 Å². The number of carbonyl (C=O) groups excluding carboxylic acids is 2. The molecule has 8 heteroatoms. The van der Waals surface area contributed by atoms with Crippen LogP contribution < -0.4 is 0 Å². The second-order valence-electron chi connectivity index (χ2n) is 11.4. The van der Waals surface area contributed by atoms with Gasteiger partial charge in [0.05, 0.1) is 24.7 Å². The molecule has 1 aliphatic heterocycles. The Hall–Kier alpha value is -2.73. The van der Waals surface area contributed by atoms with E-state index < -0.39 is 40.9 Å². The summed E-state index contributed by atoms with van der Waals surface area (Å²) in [7, 11) is 0. The molecule has 9 atom stereocenters. The third kappa shape index (κ3) is 2.97. The van der Waals surface area contributed by atoms with Crippen molar-refractivity contribution < 1.29 is 28.6 Å². The van der Waals surface area contributed by atoms with Crippen molar-refractivity contribution in [2.24, 2.45) is 28.6 Å². The molecule has 36 heavy (non-hydrogen) atoms. The SMILES string of the molecule is C[C@]12C=CC(=O)CC1=CC[C@@H]1[C@@H]2[C@@H](O)C[C@@]2(C)[C@H]1C[C@H]1OC(c3ccnc(F)c3)O[C@]12C(=O)CC#N. The summed E-state index contributed by atoms with van der Waals surface area (Å²) in [6.07, 6.45) is 6.28. The molecule has 7 nitrogen and oxygen atoms in total.